The number of methoxy groups -OCH3 is 1. The Morgan fingerprint density at radius 1 is 1.73 bits per heavy atom. The molecule has 0 spiro atoms. The normalized spacial score (nSPS) is 23.2. The Bertz CT molecular complexity index is 245. The zero-order valence-electron chi connectivity index (χ0n) is 6.79. The molecule has 58 valence electrons. The highest BCUT2D eigenvalue weighted by Gasteiger charge is 2.12. The summed E-state index contributed by atoms with van der Waals surface area (Å²) in [4.78, 5) is 0. The van der Waals surface area contributed by atoms with Crippen LogP contribution in [0.2, 0.25) is 0 Å². The SMILES string of the molecule is COC1=CC(C#N)=CC[C@H]1C. The van der Waals surface area contributed by atoms with E-state index in [4.69, 9.17) is 10.00 Å². The molecule has 0 heterocycles. The number of rotatable bonds is 1. The van der Waals surface area contributed by atoms with Gasteiger partial charge in [0.1, 0.15) is 0 Å². The Morgan fingerprint density at radius 3 is 3.00 bits per heavy atom. The molecule has 0 fully saturated rings. The van der Waals surface area contributed by atoms with Gasteiger partial charge in [-0.2, -0.15) is 5.26 Å². The van der Waals surface area contributed by atoms with Gasteiger partial charge in [0.05, 0.1) is 24.5 Å². The molecule has 0 aromatic rings. The average Bonchev–Trinajstić information content (AvgIpc) is 2.05. The van der Waals surface area contributed by atoms with E-state index in [9.17, 15) is 0 Å². The third kappa shape index (κ3) is 1.62. The summed E-state index contributed by atoms with van der Waals surface area (Å²) in [5.41, 5.74) is 0.708. The van der Waals surface area contributed by atoms with E-state index >= 15 is 0 Å². The zero-order valence-corrected chi connectivity index (χ0v) is 6.79. The van der Waals surface area contributed by atoms with Gasteiger partial charge in [0.15, 0.2) is 0 Å². The first kappa shape index (κ1) is 7.87. The lowest BCUT2D eigenvalue weighted by Gasteiger charge is -2.16. The maximum absolute atomic E-state index is 8.57. The molecule has 0 saturated carbocycles. The van der Waals surface area contributed by atoms with Crippen LogP contribution in [-0.2, 0) is 4.74 Å². The van der Waals surface area contributed by atoms with Crippen molar-refractivity contribution in [2.75, 3.05) is 7.11 Å². The minimum atomic E-state index is 0.414. The lowest BCUT2D eigenvalue weighted by Crippen LogP contribution is -2.04. The summed E-state index contributed by atoms with van der Waals surface area (Å²) < 4.78 is 5.10. The standard InChI is InChI=1S/C9H11NO/c1-7-3-4-8(6-10)5-9(7)11-2/h4-5,7H,3H2,1-2H3/t7-/m1/s1. The van der Waals surface area contributed by atoms with Crippen molar-refractivity contribution in [3.8, 4) is 6.07 Å². The summed E-state index contributed by atoms with van der Waals surface area (Å²) in [6.45, 7) is 2.08. The first-order valence-corrected chi connectivity index (χ1v) is 3.63. The monoisotopic (exact) mass is 149 g/mol. The molecule has 0 N–H and O–H groups in total. The fraction of sp³-hybridized carbons (Fsp3) is 0.444. The van der Waals surface area contributed by atoms with Gasteiger partial charge in [-0.25, -0.2) is 0 Å². The maximum Gasteiger partial charge on any atom is 0.0999 e. The van der Waals surface area contributed by atoms with Crippen molar-refractivity contribution in [3.05, 3.63) is 23.5 Å². The Balaban J connectivity index is 2.82. The highest BCUT2D eigenvalue weighted by Crippen LogP contribution is 2.23. The lowest BCUT2D eigenvalue weighted by molar-refractivity contribution is 0.246. The van der Waals surface area contributed by atoms with E-state index in [1.807, 2.05) is 6.08 Å². The summed E-state index contributed by atoms with van der Waals surface area (Å²) in [6, 6.07) is 2.09. The number of ether oxygens (including phenoxy) is 1. The Labute approximate surface area is 66.8 Å². The third-order valence-electron chi connectivity index (χ3n) is 1.84. The predicted molar refractivity (Wildman–Crippen MR) is 42.6 cm³/mol. The van der Waals surface area contributed by atoms with Gasteiger partial charge in [-0.1, -0.05) is 13.0 Å². The van der Waals surface area contributed by atoms with Gasteiger partial charge < -0.3 is 4.74 Å². The largest absolute Gasteiger partial charge is 0.501 e. The van der Waals surface area contributed by atoms with Crippen molar-refractivity contribution < 1.29 is 4.74 Å². The molecule has 11 heavy (non-hydrogen) atoms. The maximum atomic E-state index is 8.57. The minimum Gasteiger partial charge on any atom is -0.501 e. The van der Waals surface area contributed by atoms with Crippen LogP contribution in [0.5, 0.6) is 0 Å². The molecule has 1 rings (SSSR count). The van der Waals surface area contributed by atoms with Crippen LogP contribution in [0.15, 0.2) is 23.5 Å². The van der Waals surface area contributed by atoms with E-state index in [-0.39, 0.29) is 0 Å². The van der Waals surface area contributed by atoms with Crippen molar-refractivity contribution in [1.82, 2.24) is 0 Å². The summed E-state index contributed by atoms with van der Waals surface area (Å²) in [6.07, 6.45) is 4.64. The zero-order chi connectivity index (χ0) is 8.27. The van der Waals surface area contributed by atoms with Crippen molar-refractivity contribution >= 4 is 0 Å². The van der Waals surface area contributed by atoms with Crippen LogP contribution in [0, 0.1) is 17.2 Å². The van der Waals surface area contributed by atoms with E-state index in [1.54, 1.807) is 13.2 Å². The summed E-state index contributed by atoms with van der Waals surface area (Å²) in [5.74, 6) is 1.32. The van der Waals surface area contributed by atoms with Crippen LogP contribution in [0.25, 0.3) is 0 Å². The first-order valence-electron chi connectivity index (χ1n) is 3.63. The molecule has 0 aliphatic heterocycles. The molecule has 2 heteroatoms. The van der Waals surface area contributed by atoms with Crippen molar-refractivity contribution in [3.63, 3.8) is 0 Å². The van der Waals surface area contributed by atoms with E-state index < -0.39 is 0 Å². The second-order valence-electron chi connectivity index (χ2n) is 2.66. The van der Waals surface area contributed by atoms with Gasteiger partial charge in [0.2, 0.25) is 0 Å². The summed E-state index contributed by atoms with van der Waals surface area (Å²) in [7, 11) is 1.64. The van der Waals surface area contributed by atoms with Gasteiger partial charge in [0, 0.05) is 5.92 Å². The third-order valence-corrected chi connectivity index (χ3v) is 1.84. The summed E-state index contributed by atoms with van der Waals surface area (Å²) in [5, 5.41) is 8.57. The smallest absolute Gasteiger partial charge is 0.0999 e. The number of allylic oxidation sites excluding steroid dienone is 4. The van der Waals surface area contributed by atoms with Gasteiger partial charge in [0.25, 0.3) is 0 Å². The average molecular weight is 149 g/mol. The number of hydrogen-bond acceptors (Lipinski definition) is 2. The fourth-order valence-electron chi connectivity index (χ4n) is 1.11. The number of nitrogens with zero attached hydrogens (tertiary/aromatic N) is 1. The molecule has 0 amide bonds. The molecular weight excluding hydrogens is 138 g/mol. The van der Waals surface area contributed by atoms with E-state index in [1.165, 1.54) is 0 Å². The van der Waals surface area contributed by atoms with Gasteiger partial charge >= 0.3 is 0 Å². The number of nitriles is 1. The molecule has 0 radical (unpaired) electrons. The molecule has 2 nitrogen and oxygen atoms in total. The molecule has 0 unspecified atom stereocenters. The molecular formula is C9H11NO. The van der Waals surface area contributed by atoms with Crippen LogP contribution in [0.1, 0.15) is 13.3 Å². The predicted octanol–water partition coefficient (Wildman–Crippen LogP) is 2.01. The fourth-order valence-corrected chi connectivity index (χ4v) is 1.11. The van der Waals surface area contributed by atoms with Crippen molar-refractivity contribution in [2.45, 2.75) is 13.3 Å². The van der Waals surface area contributed by atoms with Crippen molar-refractivity contribution in [2.24, 2.45) is 5.92 Å². The van der Waals surface area contributed by atoms with Crippen molar-refractivity contribution in [1.29, 1.82) is 5.26 Å². The molecule has 0 saturated heterocycles. The summed E-state index contributed by atoms with van der Waals surface area (Å²) >= 11 is 0. The molecule has 1 atom stereocenters. The van der Waals surface area contributed by atoms with Crippen LogP contribution in [0.3, 0.4) is 0 Å². The Morgan fingerprint density at radius 2 is 2.45 bits per heavy atom. The molecule has 1 aliphatic rings. The van der Waals surface area contributed by atoms with E-state index in [0.717, 1.165) is 12.2 Å². The Kier molecular flexibility index (Phi) is 2.32. The highest BCUT2D eigenvalue weighted by molar-refractivity contribution is 5.37. The van der Waals surface area contributed by atoms with Gasteiger partial charge in [-0.05, 0) is 12.5 Å². The van der Waals surface area contributed by atoms with Gasteiger partial charge in [-0.15, -0.1) is 0 Å². The van der Waals surface area contributed by atoms with Crippen LogP contribution >= 0.6 is 0 Å². The highest BCUT2D eigenvalue weighted by atomic mass is 16.5. The van der Waals surface area contributed by atoms with E-state index in [2.05, 4.69) is 13.0 Å². The van der Waals surface area contributed by atoms with Crippen LogP contribution in [-0.4, -0.2) is 7.11 Å². The molecule has 1 aliphatic carbocycles. The molecule has 0 aromatic heterocycles. The molecule has 0 bridgehead atoms. The van der Waals surface area contributed by atoms with Crippen LogP contribution in [0.4, 0.5) is 0 Å². The molecule has 0 aromatic carbocycles. The quantitative estimate of drug-likeness (QED) is 0.571. The Hall–Kier alpha value is -1.23. The second-order valence-corrected chi connectivity index (χ2v) is 2.66. The van der Waals surface area contributed by atoms with Gasteiger partial charge in [-0.3, -0.25) is 0 Å². The number of hydrogen-bond donors (Lipinski definition) is 0. The minimum absolute atomic E-state index is 0.414. The second kappa shape index (κ2) is 3.25. The van der Waals surface area contributed by atoms with E-state index in [0.29, 0.717) is 11.5 Å². The first-order chi connectivity index (χ1) is 5.27. The lowest BCUT2D eigenvalue weighted by atomic mass is 9.97. The topological polar surface area (TPSA) is 33.0 Å². The van der Waals surface area contributed by atoms with Crippen LogP contribution < -0.4 is 0 Å².